The number of hydrogen-bond donors (Lipinski definition) is 2. The van der Waals surface area contributed by atoms with Gasteiger partial charge in [0, 0.05) is 18.8 Å². The third kappa shape index (κ3) is 4.71. The Balaban J connectivity index is 2.16. The maximum atomic E-state index is 12.5. The number of hydrogen-bond acceptors (Lipinski definition) is 5. The molecule has 0 spiro atoms. The Bertz CT molecular complexity index is 635. The molecule has 1 heterocycles. The van der Waals surface area contributed by atoms with Crippen molar-refractivity contribution in [2.45, 2.75) is 38.8 Å². The van der Waals surface area contributed by atoms with E-state index in [4.69, 9.17) is 0 Å². The summed E-state index contributed by atoms with van der Waals surface area (Å²) < 4.78 is 0. The maximum absolute atomic E-state index is 12.5. The summed E-state index contributed by atoms with van der Waals surface area (Å²) in [7, 11) is 3.78. The number of benzene rings is 1. The van der Waals surface area contributed by atoms with Gasteiger partial charge in [0.2, 0.25) is 5.91 Å². The predicted octanol–water partition coefficient (Wildman–Crippen LogP) is 2.04. The largest absolute Gasteiger partial charge is 0.393 e. The highest BCUT2D eigenvalue weighted by Gasteiger charge is 2.25. The van der Waals surface area contributed by atoms with E-state index in [0.29, 0.717) is 24.1 Å². The van der Waals surface area contributed by atoms with Crippen LogP contribution in [0, 0.1) is 17.2 Å². The van der Waals surface area contributed by atoms with Gasteiger partial charge in [0.1, 0.15) is 6.07 Å². The molecule has 1 amide bonds. The van der Waals surface area contributed by atoms with Gasteiger partial charge in [-0.2, -0.15) is 5.26 Å². The molecule has 1 atom stereocenters. The molecule has 25 heavy (non-hydrogen) atoms. The van der Waals surface area contributed by atoms with Crippen LogP contribution in [0.4, 0.5) is 11.4 Å². The zero-order valence-corrected chi connectivity index (χ0v) is 15.5. The first-order valence-corrected chi connectivity index (χ1v) is 8.78. The molecule has 1 saturated heterocycles. The second-order valence-corrected chi connectivity index (χ2v) is 7.20. The van der Waals surface area contributed by atoms with E-state index in [2.05, 4.69) is 16.3 Å². The molecule has 0 saturated carbocycles. The Morgan fingerprint density at radius 2 is 2.00 bits per heavy atom. The first-order chi connectivity index (χ1) is 11.8. The quantitative estimate of drug-likeness (QED) is 0.854. The fourth-order valence-corrected chi connectivity index (χ4v) is 3.44. The molecule has 0 aromatic heterocycles. The Morgan fingerprint density at radius 1 is 1.36 bits per heavy atom. The van der Waals surface area contributed by atoms with Crippen molar-refractivity contribution >= 4 is 17.3 Å². The highest BCUT2D eigenvalue weighted by Crippen LogP contribution is 2.27. The van der Waals surface area contributed by atoms with Crippen LogP contribution >= 0.6 is 0 Å². The zero-order chi connectivity index (χ0) is 18.6. The summed E-state index contributed by atoms with van der Waals surface area (Å²) in [4.78, 5) is 16.6. The molecule has 1 aromatic rings. The van der Waals surface area contributed by atoms with Gasteiger partial charge in [-0.05, 0) is 51.1 Å². The Kier molecular flexibility index (Phi) is 6.40. The van der Waals surface area contributed by atoms with Crippen molar-refractivity contribution < 1.29 is 9.90 Å². The first kappa shape index (κ1) is 19.2. The number of carbonyl (C=O) groups excluding carboxylic acids is 1. The number of aliphatic hydroxyl groups excluding tert-OH is 1. The highest BCUT2D eigenvalue weighted by atomic mass is 16.3. The summed E-state index contributed by atoms with van der Waals surface area (Å²) in [6.07, 6.45) is 1.17. The van der Waals surface area contributed by atoms with Crippen LogP contribution in [0.1, 0.15) is 32.3 Å². The van der Waals surface area contributed by atoms with E-state index >= 15 is 0 Å². The van der Waals surface area contributed by atoms with E-state index in [0.717, 1.165) is 18.8 Å². The van der Waals surface area contributed by atoms with Gasteiger partial charge in [-0.25, -0.2) is 0 Å². The van der Waals surface area contributed by atoms with Crippen LogP contribution < -0.4 is 10.2 Å². The highest BCUT2D eigenvalue weighted by molar-refractivity contribution is 5.95. The zero-order valence-electron chi connectivity index (χ0n) is 15.5. The normalized spacial score (nSPS) is 16.8. The molecule has 2 N–H and O–H groups in total. The van der Waals surface area contributed by atoms with E-state index in [9.17, 15) is 15.2 Å². The molecule has 1 unspecified atom stereocenters. The summed E-state index contributed by atoms with van der Waals surface area (Å²) >= 11 is 0. The number of rotatable bonds is 5. The average molecular weight is 344 g/mol. The summed E-state index contributed by atoms with van der Waals surface area (Å²) in [5.41, 5.74) is 2.04. The molecule has 1 aliphatic rings. The summed E-state index contributed by atoms with van der Waals surface area (Å²) in [6.45, 7) is 5.49. The van der Waals surface area contributed by atoms with Gasteiger partial charge < -0.3 is 15.3 Å². The lowest BCUT2D eigenvalue weighted by Crippen LogP contribution is -2.43. The third-order valence-corrected chi connectivity index (χ3v) is 4.65. The van der Waals surface area contributed by atoms with Crippen molar-refractivity contribution in [1.29, 1.82) is 5.26 Å². The number of anilines is 2. The smallest absolute Gasteiger partial charge is 0.241 e. The van der Waals surface area contributed by atoms with Gasteiger partial charge >= 0.3 is 0 Å². The number of amides is 1. The molecular weight excluding hydrogens is 316 g/mol. The molecule has 6 heteroatoms. The van der Waals surface area contributed by atoms with Crippen molar-refractivity contribution in [3.05, 3.63) is 23.8 Å². The lowest BCUT2D eigenvalue weighted by molar-refractivity contribution is -0.121. The van der Waals surface area contributed by atoms with Gasteiger partial charge in [-0.3, -0.25) is 9.69 Å². The molecule has 1 aliphatic heterocycles. The second-order valence-electron chi connectivity index (χ2n) is 7.20. The van der Waals surface area contributed by atoms with Crippen molar-refractivity contribution in [2.24, 2.45) is 5.92 Å². The molecule has 6 nitrogen and oxygen atoms in total. The topological polar surface area (TPSA) is 79.6 Å². The number of nitrogens with one attached hydrogen (secondary N) is 1. The molecule has 0 aliphatic carbocycles. The lowest BCUT2D eigenvalue weighted by Gasteiger charge is -2.32. The van der Waals surface area contributed by atoms with E-state index in [1.807, 2.05) is 45.0 Å². The minimum absolute atomic E-state index is 0.0715. The fraction of sp³-hybridized carbons (Fsp3) is 0.579. The number of piperidine rings is 1. The van der Waals surface area contributed by atoms with Crippen LogP contribution in [-0.4, -0.2) is 55.2 Å². The second kappa shape index (κ2) is 8.32. The van der Waals surface area contributed by atoms with Gasteiger partial charge in [0.25, 0.3) is 0 Å². The Labute approximate surface area is 150 Å². The fourth-order valence-electron chi connectivity index (χ4n) is 3.44. The van der Waals surface area contributed by atoms with Gasteiger partial charge in [-0.1, -0.05) is 13.8 Å². The Morgan fingerprint density at radius 3 is 2.52 bits per heavy atom. The molecule has 2 rings (SSSR count). The number of nitriles is 1. The van der Waals surface area contributed by atoms with E-state index < -0.39 is 0 Å². The summed E-state index contributed by atoms with van der Waals surface area (Å²) in [5, 5.41) is 22.1. The summed E-state index contributed by atoms with van der Waals surface area (Å²) in [6, 6.07) is 7.45. The molecule has 0 radical (unpaired) electrons. The number of carbonyl (C=O) groups is 1. The van der Waals surface area contributed by atoms with Crippen molar-refractivity contribution in [3.63, 3.8) is 0 Å². The number of aliphatic hydroxyl groups is 1. The molecule has 1 fully saturated rings. The van der Waals surface area contributed by atoms with Gasteiger partial charge in [0.15, 0.2) is 0 Å². The van der Waals surface area contributed by atoms with Gasteiger partial charge in [0.05, 0.1) is 23.4 Å². The SMILES string of the molecule is CC(C)C(C(=O)Nc1ccc(N2CCC(O)CC2)c(C#N)c1)N(C)C. The van der Waals surface area contributed by atoms with Crippen molar-refractivity contribution in [2.75, 3.05) is 37.4 Å². The van der Waals surface area contributed by atoms with Gasteiger partial charge in [-0.15, -0.1) is 0 Å². The molecule has 1 aromatic carbocycles. The molecular formula is C19H28N4O2. The van der Waals surface area contributed by atoms with Crippen molar-refractivity contribution in [1.82, 2.24) is 4.90 Å². The van der Waals surface area contributed by atoms with E-state index in [1.54, 1.807) is 6.07 Å². The van der Waals surface area contributed by atoms with Crippen LogP contribution in [0.3, 0.4) is 0 Å². The Hall–Kier alpha value is -2.10. The minimum atomic E-state index is -0.251. The lowest BCUT2D eigenvalue weighted by atomic mass is 10.0. The average Bonchev–Trinajstić information content (AvgIpc) is 2.54. The van der Waals surface area contributed by atoms with Crippen LogP contribution in [0.2, 0.25) is 0 Å². The summed E-state index contributed by atoms with van der Waals surface area (Å²) in [5.74, 6) is 0.113. The monoisotopic (exact) mass is 344 g/mol. The van der Waals surface area contributed by atoms with Crippen LogP contribution in [0.5, 0.6) is 0 Å². The van der Waals surface area contributed by atoms with E-state index in [-0.39, 0.29) is 24.0 Å². The van der Waals surface area contributed by atoms with E-state index in [1.165, 1.54) is 0 Å². The van der Waals surface area contributed by atoms with Crippen LogP contribution in [0.15, 0.2) is 18.2 Å². The maximum Gasteiger partial charge on any atom is 0.241 e. The first-order valence-electron chi connectivity index (χ1n) is 8.78. The number of likely N-dealkylation sites (N-methyl/N-ethyl adjacent to an activating group) is 1. The molecule has 136 valence electrons. The molecule has 0 bridgehead atoms. The minimum Gasteiger partial charge on any atom is -0.393 e. The van der Waals surface area contributed by atoms with Crippen LogP contribution in [-0.2, 0) is 4.79 Å². The predicted molar refractivity (Wildman–Crippen MR) is 99.6 cm³/mol. The number of nitrogens with zero attached hydrogens (tertiary/aromatic N) is 3. The standard InChI is InChI=1S/C19H28N4O2/c1-13(2)18(22(3)4)19(25)21-15-5-6-17(14(11-15)12-20)23-9-7-16(24)8-10-23/h5-6,11,13,16,18,24H,7-10H2,1-4H3,(H,21,25). The third-order valence-electron chi connectivity index (χ3n) is 4.65. The van der Waals surface area contributed by atoms with Crippen molar-refractivity contribution in [3.8, 4) is 6.07 Å². The van der Waals surface area contributed by atoms with Crippen LogP contribution in [0.25, 0.3) is 0 Å².